The lowest BCUT2D eigenvalue weighted by Crippen LogP contribution is -2.12. The molecule has 0 amide bonds. The number of ether oxygens (including phenoxy) is 1. The fraction of sp³-hybridized carbons (Fsp3) is 0.517. The Morgan fingerprint density at radius 3 is 2.45 bits per heavy atom. The van der Waals surface area contributed by atoms with Gasteiger partial charge in [0.25, 0.3) is 0 Å². The van der Waals surface area contributed by atoms with Gasteiger partial charge in [-0.3, -0.25) is 0 Å². The van der Waals surface area contributed by atoms with Crippen LogP contribution in [0.3, 0.4) is 0 Å². The van der Waals surface area contributed by atoms with Crippen LogP contribution < -0.4 is 4.74 Å². The monoisotopic (exact) mass is 416 g/mol. The molecule has 0 aliphatic heterocycles. The fourth-order valence-corrected chi connectivity index (χ4v) is 4.55. The molecular weight excluding hydrogens is 378 g/mol. The second-order valence-corrected chi connectivity index (χ2v) is 9.15. The number of benzene rings is 2. The van der Waals surface area contributed by atoms with Gasteiger partial charge < -0.3 is 4.74 Å². The maximum absolute atomic E-state index is 9.65. The van der Waals surface area contributed by atoms with Gasteiger partial charge in [0, 0.05) is 0 Å². The first-order valence-electron chi connectivity index (χ1n) is 12.3. The van der Waals surface area contributed by atoms with Crippen LogP contribution >= 0.6 is 0 Å². The Kier molecular flexibility index (Phi) is 9.47. The van der Waals surface area contributed by atoms with E-state index in [0.29, 0.717) is 11.3 Å². The Bertz CT molecular complexity index is 827. The van der Waals surface area contributed by atoms with Crippen molar-refractivity contribution in [3.05, 3.63) is 60.0 Å². The van der Waals surface area contributed by atoms with Crippen molar-refractivity contribution >= 4 is 0 Å². The Morgan fingerprint density at radius 2 is 1.74 bits per heavy atom. The lowest BCUT2D eigenvalue weighted by molar-refractivity contribution is 0.206. The predicted octanol–water partition coefficient (Wildman–Crippen LogP) is 8.29. The standard InChI is InChI=1S/C29H38NO/c1-3-4-5-7-10-23(2)31-29-20-19-27(21-28(29)22-30)26-17-15-25(16-18-26)14-13-24-11-8-6-9-12-24/h6,15-21,23-24H,3-5,7-14H2,1-2H3/t23-/m1/s1. The summed E-state index contributed by atoms with van der Waals surface area (Å²) in [6.07, 6.45) is 16.3. The van der Waals surface area contributed by atoms with E-state index in [0.717, 1.165) is 29.9 Å². The van der Waals surface area contributed by atoms with Crippen LogP contribution in [0.2, 0.25) is 0 Å². The van der Waals surface area contributed by atoms with Crippen LogP contribution in [0.15, 0.2) is 42.5 Å². The molecule has 3 rings (SSSR count). The molecule has 31 heavy (non-hydrogen) atoms. The Balaban J connectivity index is 1.57. The minimum atomic E-state index is 0.135. The van der Waals surface area contributed by atoms with Crippen LogP contribution in [0, 0.1) is 23.7 Å². The zero-order chi connectivity index (χ0) is 21.9. The van der Waals surface area contributed by atoms with E-state index in [2.05, 4.69) is 56.7 Å². The zero-order valence-electron chi connectivity index (χ0n) is 19.4. The summed E-state index contributed by atoms with van der Waals surface area (Å²) in [4.78, 5) is 0. The number of hydrogen-bond donors (Lipinski definition) is 0. The van der Waals surface area contributed by atoms with Crippen LogP contribution in [0.1, 0.15) is 89.2 Å². The van der Waals surface area contributed by atoms with Crippen molar-refractivity contribution in [3.8, 4) is 22.9 Å². The van der Waals surface area contributed by atoms with Gasteiger partial charge in [-0.2, -0.15) is 5.26 Å². The molecule has 2 aromatic rings. The molecule has 2 aromatic carbocycles. The highest BCUT2D eigenvalue weighted by Gasteiger charge is 2.14. The summed E-state index contributed by atoms with van der Waals surface area (Å²) in [5.74, 6) is 1.60. The highest BCUT2D eigenvalue weighted by atomic mass is 16.5. The van der Waals surface area contributed by atoms with Crippen molar-refractivity contribution in [2.24, 2.45) is 5.92 Å². The van der Waals surface area contributed by atoms with Gasteiger partial charge >= 0.3 is 0 Å². The molecule has 1 saturated carbocycles. The number of hydrogen-bond acceptors (Lipinski definition) is 2. The van der Waals surface area contributed by atoms with Crippen LogP contribution in [-0.4, -0.2) is 6.10 Å². The van der Waals surface area contributed by atoms with Gasteiger partial charge in [0.2, 0.25) is 0 Å². The first kappa shape index (κ1) is 23.4. The topological polar surface area (TPSA) is 33.0 Å². The third-order valence-electron chi connectivity index (χ3n) is 6.58. The van der Waals surface area contributed by atoms with E-state index >= 15 is 0 Å². The number of nitriles is 1. The van der Waals surface area contributed by atoms with Crippen LogP contribution in [0.25, 0.3) is 11.1 Å². The third kappa shape index (κ3) is 7.42. The quantitative estimate of drug-likeness (QED) is 0.345. The summed E-state index contributed by atoms with van der Waals surface area (Å²) in [7, 11) is 0. The molecule has 1 radical (unpaired) electrons. The molecule has 0 spiro atoms. The largest absolute Gasteiger partial charge is 0.489 e. The van der Waals surface area contributed by atoms with Gasteiger partial charge in [-0.15, -0.1) is 0 Å². The fourth-order valence-electron chi connectivity index (χ4n) is 4.55. The Hall–Kier alpha value is -2.27. The zero-order valence-corrected chi connectivity index (χ0v) is 19.4. The van der Waals surface area contributed by atoms with Gasteiger partial charge in [-0.1, -0.05) is 69.4 Å². The van der Waals surface area contributed by atoms with Crippen molar-refractivity contribution in [2.75, 3.05) is 0 Å². The number of nitrogens with zero attached hydrogens (tertiary/aromatic N) is 1. The second kappa shape index (κ2) is 12.6. The maximum atomic E-state index is 9.65. The van der Waals surface area contributed by atoms with E-state index in [1.54, 1.807) is 0 Å². The van der Waals surface area contributed by atoms with E-state index < -0.39 is 0 Å². The molecule has 0 unspecified atom stereocenters. The molecule has 1 aliphatic carbocycles. The summed E-state index contributed by atoms with van der Waals surface area (Å²) < 4.78 is 6.09. The van der Waals surface area contributed by atoms with Crippen LogP contribution in [-0.2, 0) is 6.42 Å². The van der Waals surface area contributed by atoms with Gasteiger partial charge in [0.05, 0.1) is 11.7 Å². The number of aryl methyl sites for hydroxylation is 1. The summed E-state index contributed by atoms with van der Waals surface area (Å²) in [5.41, 5.74) is 4.27. The van der Waals surface area contributed by atoms with Crippen molar-refractivity contribution in [1.29, 1.82) is 5.26 Å². The molecule has 2 heteroatoms. The van der Waals surface area contributed by atoms with E-state index in [-0.39, 0.29) is 6.10 Å². The van der Waals surface area contributed by atoms with Gasteiger partial charge in [0.1, 0.15) is 11.8 Å². The van der Waals surface area contributed by atoms with Crippen LogP contribution in [0.4, 0.5) is 0 Å². The smallest absolute Gasteiger partial charge is 0.137 e. The predicted molar refractivity (Wildman–Crippen MR) is 130 cm³/mol. The molecule has 0 saturated heterocycles. The second-order valence-electron chi connectivity index (χ2n) is 9.15. The molecular formula is C29H38NO. The third-order valence-corrected chi connectivity index (χ3v) is 6.58. The first-order chi connectivity index (χ1) is 15.2. The van der Waals surface area contributed by atoms with Gasteiger partial charge in [-0.05, 0) is 86.6 Å². The Labute approximate surface area is 189 Å². The van der Waals surface area contributed by atoms with Gasteiger partial charge in [0.15, 0.2) is 0 Å². The van der Waals surface area contributed by atoms with E-state index in [1.165, 1.54) is 63.4 Å². The minimum absolute atomic E-state index is 0.135. The SMILES string of the molecule is CCCCCC[C@@H](C)Oc1ccc(-c2ccc(CCC3CC[CH]CC3)cc2)cc1C#N. The highest BCUT2D eigenvalue weighted by molar-refractivity contribution is 5.67. The average Bonchev–Trinajstić information content (AvgIpc) is 2.82. The van der Waals surface area contributed by atoms with E-state index in [1.807, 2.05) is 12.1 Å². The van der Waals surface area contributed by atoms with Crippen LogP contribution in [0.5, 0.6) is 5.75 Å². The minimum Gasteiger partial charge on any atom is -0.489 e. The number of rotatable bonds is 11. The molecule has 0 N–H and O–H groups in total. The summed E-state index contributed by atoms with van der Waals surface area (Å²) >= 11 is 0. The van der Waals surface area contributed by atoms with Crippen molar-refractivity contribution in [2.45, 2.75) is 90.6 Å². The molecule has 1 atom stereocenters. The Morgan fingerprint density at radius 1 is 1.00 bits per heavy atom. The lowest BCUT2D eigenvalue weighted by Gasteiger charge is -2.21. The molecule has 0 aromatic heterocycles. The molecule has 165 valence electrons. The summed E-state index contributed by atoms with van der Waals surface area (Å²) in [6.45, 7) is 4.33. The van der Waals surface area contributed by atoms with Crippen molar-refractivity contribution in [1.82, 2.24) is 0 Å². The average molecular weight is 417 g/mol. The molecule has 0 heterocycles. The van der Waals surface area contributed by atoms with E-state index in [4.69, 9.17) is 4.74 Å². The molecule has 2 nitrogen and oxygen atoms in total. The normalized spacial score (nSPS) is 15.4. The molecule has 1 fully saturated rings. The maximum Gasteiger partial charge on any atom is 0.137 e. The first-order valence-corrected chi connectivity index (χ1v) is 12.3. The van der Waals surface area contributed by atoms with Crippen molar-refractivity contribution < 1.29 is 4.74 Å². The highest BCUT2D eigenvalue weighted by Crippen LogP contribution is 2.29. The number of unbranched alkanes of at least 4 members (excludes halogenated alkanes) is 3. The summed E-state index contributed by atoms with van der Waals surface area (Å²) in [5, 5.41) is 9.65. The van der Waals surface area contributed by atoms with Gasteiger partial charge in [-0.25, -0.2) is 0 Å². The van der Waals surface area contributed by atoms with Crippen molar-refractivity contribution in [3.63, 3.8) is 0 Å². The van der Waals surface area contributed by atoms with E-state index in [9.17, 15) is 5.26 Å². The molecule has 0 bridgehead atoms. The molecule has 1 aliphatic rings. The lowest BCUT2D eigenvalue weighted by atomic mass is 9.85. The summed E-state index contributed by atoms with van der Waals surface area (Å²) in [6, 6.07) is 17.2.